The summed E-state index contributed by atoms with van der Waals surface area (Å²) < 4.78 is 22.7. The first-order chi connectivity index (χ1) is 14.6. The highest BCUT2D eigenvalue weighted by Crippen LogP contribution is 2.37. The van der Waals surface area contributed by atoms with Gasteiger partial charge in [-0.15, -0.1) is 11.3 Å². The molecule has 0 spiro atoms. The van der Waals surface area contributed by atoms with Crippen molar-refractivity contribution in [2.45, 2.75) is 38.9 Å². The first-order valence-corrected chi connectivity index (χ1v) is 10.7. The lowest BCUT2D eigenvalue weighted by Crippen LogP contribution is -2.41. The molecule has 3 aromatic heterocycles. The maximum atomic E-state index is 12.4. The van der Waals surface area contributed by atoms with Gasteiger partial charge in [-0.2, -0.15) is 4.98 Å². The highest BCUT2D eigenvalue weighted by Gasteiger charge is 2.53. The molecule has 0 radical (unpaired) electrons. The van der Waals surface area contributed by atoms with Gasteiger partial charge in [0.25, 0.3) is 5.89 Å². The normalized spacial score (nSPS) is 17.5. The molecular weight excluding hydrogens is 441 g/mol. The van der Waals surface area contributed by atoms with Crippen LogP contribution in [0.25, 0.3) is 33.1 Å². The van der Waals surface area contributed by atoms with Crippen LogP contribution in [-0.2, 0) is 9.31 Å². The summed E-state index contributed by atoms with van der Waals surface area (Å²) in [5.74, 6) is 0.358. The van der Waals surface area contributed by atoms with Crippen LogP contribution in [0.5, 0.6) is 0 Å². The number of fused-ring (bicyclic) bond motifs is 1. The van der Waals surface area contributed by atoms with E-state index in [1.165, 1.54) is 11.3 Å². The van der Waals surface area contributed by atoms with E-state index < -0.39 is 23.9 Å². The first kappa shape index (κ1) is 20.4. The van der Waals surface area contributed by atoms with Crippen molar-refractivity contribution in [3.63, 3.8) is 0 Å². The van der Waals surface area contributed by atoms with Gasteiger partial charge in [0.05, 0.1) is 16.1 Å². The molecule has 0 aliphatic carbocycles. The molecule has 4 heterocycles. The van der Waals surface area contributed by atoms with Crippen molar-refractivity contribution in [3.8, 4) is 22.2 Å². The standard InChI is InChI=1S/C20H17BClN3O5S/c1-19(2)20(3,4)30-21(29-19)18-23-9-14(31-18)15-24-16(28-25-15)12-8-10-7-11(22)5-6-13(10)27-17(12)26/h5-9H,1-4H3. The SMILES string of the molecule is CC1(C)OB(c2ncc(-c3noc(-c4cc5cc(Cl)ccc5oc4=O)n3)s2)OC1(C)C. The highest BCUT2D eigenvalue weighted by molar-refractivity contribution is 7.24. The minimum absolute atomic E-state index is 0.0520. The summed E-state index contributed by atoms with van der Waals surface area (Å²) in [7, 11) is -0.576. The molecule has 158 valence electrons. The minimum atomic E-state index is -0.577. The van der Waals surface area contributed by atoms with Crippen LogP contribution in [0.15, 0.2) is 44.2 Å². The molecular formula is C20H17BClN3O5S. The van der Waals surface area contributed by atoms with Crippen molar-refractivity contribution in [3.05, 3.63) is 45.9 Å². The Morgan fingerprint density at radius 1 is 1.10 bits per heavy atom. The van der Waals surface area contributed by atoms with Gasteiger partial charge in [-0.3, -0.25) is 4.98 Å². The first-order valence-electron chi connectivity index (χ1n) is 9.52. The number of hydrogen-bond acceptors (Lipinski definition) is 9. The Morgan fingerprint density at radius 3 is 2.58 bits per heavy atom. The summed E-state index contributed by atoms with van der Waals surface area (Å²) in [5.41, 5.74) is -0.921. The third-order valence-electron chi connectivity index (χ3n) is 5.55. The second-order valence-corrected chi connectivity index (χ2v) is 9.70. The van der Waals surface area contributed by atoms with Gasteiger partial charge in [0.2, 0.25) is 5.82 Å². The Kier molecular flexibility index (Phi) is 4.60. The van der Waals surface area contributed by atoms with Gasteiger partial charge in [-0.1, -0.05) is 16.8 Å². The molecule has 1 aromatic carbocycles. The summed E-state index contributed by atoms with van der Waals surface area (Å²) in [6, 6.07) is 6.60. The van der Waals surface area contributed by atoms with E-state index in [4.69, 9.17) is 29.8 Å². The summed E-state index contributed by atoms with van der Waals surface area (Å²) in [5, 5.41) is 5.18. The fraction of sp³-hybridized carbons (Fsp3) is 0.300. The molecule has 11 heteroatoms. The van der Waals surface area contributed by atoms with E-state index in [9.17, 15) is 4.79 Å². The summed E-state index contributed by atoms with van der Waals surface area (Å²) in [4.78, 5) is 22.5. The van der Waals surface area contributed by atoms with Crippen molar-refractivity contribution in [2.24, 2.45) is 0 Å². The molecule has 0 bridgehead atoms. The largest absolute Gasteiger partial charge is 0.525 e. The average Bonchev–Trinajstić information content (AvgIpc) is 3.40. The molecule has 1 fully saturated rings. The van der Waals surface area contributed by atoms with Crippen LogP contribution in [0.1, 0.15) is 27.7 Å². The van der Waals surface area contributed by atoms with Crippen LogP contribution >= 0.6 is 22.9 Å². The van der Waals surface area contributed by atoms with Gasteiger partial charge in [-0.05, 0) is 52.0 Å². The zero-order chi connectivity index (χ0) is 22.0. The number of aromatic nitrogens is 3. The lowest BCUT2D eigenvalue weighted by molar-refractivity contribution is 0.00578. The van der Waals surface area contributed by atoms with Gasteiger partial charge < -0.3 is 18.2 Å². The quantitative estimate of drug-likeness (QED) is 0.337. The lowest BCUT2D eigenvalue weighted by Gasteiger charge is -2.32. The fourth-order valence-electron chi connectivity index (χ4n) is 3.12. The maximum absolute atomic E-state index is 12.4. The number of halogens is 1. The number of nitrogens with zero attached hydrogens (tertiary/aromatic N) is 3. The second kappa shape index (κ2) is 6.99. The van der Waals surface area contributed by atoms with Crippen molar-refractivity contribution in [1.29, 1.82) is 0 Å². The molecule has 1 aliphatic heterocycles. The Bertz CT molecular complexity index is 1350. The highest BCUT2D eigenvalue weighted by atomic mass is 35.5. The molecule has 8 nitrogen and oxygen atoms in total. The van der Waals surface area contributed by atoms with Crippen LogP contribution in [0.2, 0.25) is 5.02 Å². The van der Waals surface area contributed by atoms with E-state index in [1.54, 1.807) is 30.5 Å². The number of hydrogen-bond donors (Lipinski definition) is 0. The smallest absolute Gasteiger partial charge is 0.422 e. The van der Waals surface area contributed by atoms with Crippen LogP contribution in [-0.4, -0.2) is 33.4 Å². The van der Waals surface area contributed by atoms with Crippen molar-refractivity contribution in [2.75, 3.05) is 0 Å². The third-order valence-corrected chi connectivity index (χ3v) is 6.80. The van der Waals surface area contributed by atoms with E-state index in [0.29, 0.717) is 31.6 Å². The second-order valence-electron chi connectivity index (χ2n) is 8.20. The van der Waals surface area contributed by atoms with Gasteiger partial charge in [0, 0.05) is 16.6 Å². The molecule has 1 aliphatic rings. The van der Waals surface area contributed by atoms with E-state index in [0.717, 1.165) is 0 Å². The lowest BCUT2D eigenvalue weighted by atomic mass is 9.90. The third kappa shape index (κ3) is 3.49. The van der Waals surface area contributed by atoms with Crippen LogP contribution < -0.4 is 10.5 Å². The van der Waals surface area contributed by atoms with E-state index in [2.05, 4.69) is 15.1 Å². The number of thiazole rings is 1. The van der Waals surface area contributed by atoms with Gasteiger partial charge >= 0.3 is 12.7 Å². The maximum Gasteiger partial charge on any atom is 0.525 e. The van der Waals surface area contributed by atoms with Crippen molar-refractivity contribution >= 4 is 45.9 Å². The van der Waals surface area contributed by atoms with Crippen LogP contribution in [0.4, 0.5) is 0 Å². The van der Waals surface area contributed by atoms with Gasteiger partial charge in [0.1, 0.15) is 16.1 Å². The molecule has 0 unspecified atom stereocenters. The van der Waals surface area contributed by atoms with Crippen LogP contribution in [0, 0.1) is 0 Å². The van der Waals surface area contributed by atoms with Gasteiger partial charge in [0.15, 0.2) is 0 Å². The predicted molar refractivity (Wildman–Crippen MR) is 118 cm³/mol. The Balaban J connectivity index is 1.45. The van der Waals surface area contributed by atoms with Crippen LogP contribution in [0.3, 0.4) is 0 Å². The molecule has 0 N–H and O–H groups in total. The topological polar surface area (TPSA) is 100 Å². The zero-order valence-corrected chi connectivity index (χ0v) is 18.7. The molecule has 0 amide bonds. The average molecular weight is 458 g/mol. The van der Waals surface area contributed by atoms with Crippen molar-refractivity contribution < 1.29 is 18.2 Å². The number of rotatable bonds is 3. The zero-order valence-electron chi connectivity index (χ0n) is 17.1. The molecule has 5 rings (SSSR count). The Labute approximate surface area is 186 Å². The monoisotopic (exact) mass is 457 g/mol. The predicted octanol–water partition coefficient (Wildman–Crippen LogP) is 3.92. The molecule has 0 saturated carbocycles. The molecule has 1 saturated heterocycles. The Hall–Kier alpha value is -2.53. The van der Waals surface area contributed by atoms with Gasteiger partial charge in [-0.25, -0.2) is 4.79 Å². The minimum Gasteiger partial charge on any atom is -0.422 e. The van der Waals surface area contributed by atoms with E-state index in [1.807, 2.05) is 27.7 Å². The van der Waals surface area contributed by atoms with E-state index >= 15 is 0 Å². The fourth-order valence-corrected chi connectivity index (χ4v) is 4.10. The summed E-state index contributed by atoms with van der Waals surface area (Å²) >= 11 is 7.37. The number of benzene rings is 1. The molecule has 31 heavy (non-hydrogen) atoms. The Morgan fingerprint density at radius 2 is 1.84 bits per heavy atom. The molecule has 4 aromatic rings. The van der Waals surface area contributed by atoms with E-state index in [-0.39, 0.29) is 11.5 Å². The summed E-state index contributed by atoms with van der Waals surface area (Å²) in [6.45, 7) is 7.93. The molecule has 0 atom stereocenters. The van der Waals surface area contributed by atoms with Crippen molar-refractivity contribution in [1.82, 2.24) is 15.1 Å². The summed E-state index contributed by atoms with van der Waals surface area (Å²) in [6.07, 6.45) is 1.63.